The van der Waals surface area contributed by atoms with Gasteiger partial charge in [-0.15, -0.1) is 11.3 Å². The summed E-state index contributed by atoms with van der Waals surface area (Å²) in [5, 5.41) is 6.37. The van der Waals surface area contributed by atoms with Gasteiger partial charge in [0.2, 0.25) is 0 Å². The van der Waals surface area contributed by atoms with Crippen molar-refractivity contribution in [3.63, 3.8) is 0 Å². The van der Waals surface area contributed by atoms with Gasteiger partial charge >= 0.3 is 0 Å². The summed E-state index contributed by atoms with van der Waals surface area (Å²) in [7, 11) is 0. The first-order valence-electron chi connectivity index (χ1n) is 4.87. The molecule has 0 saturated carbocycles. The van der Waals surface area contributed by atoms with E-state index in [-0.39, 0.29) is 0 Å². The van der Waals surface area contributed by atoms with E-state index in [9.17, 15) is 0 Å². The van der Waals surface area contributed by atoms with Crippen LogP contribution in [0.2, 0.25) is 0 Å². The van der Waals surface area contributed by atoms with E-state index in [0.29, 0.717) is 0 Å². The Morgan fingerprint density at radius 3 is 3.00 bits per heavy atom. The van der Waals surface area contributed by atoms with Gasteiger partial charge in [-0.25, -0.2) is 15.0 Å². The fraction of sp³-hybridized carbons (Fsp3) is 0.300. The van der Waals surface area contributed by atoms with Crippen molar-refractivity contribution < 1.29 is 0 Å². The van der Waals surface area contributed by atoms with Crippen LogP contribution in [0.3, 0.4) is 0 Å². The van der Waals surface area contributed by atoms with Gasteiger partial charge in [0.25, 0.3) is 0 Å². The Morgan fingerprint density at radius 1 is 1.44 bits per heavy atom. The van der Waals surface area contributed by atoms with Crippen molar-refractivity contribution in [2.24, 2.45) is 0 Å². The van der Waals surface area contributed by atoms with Crippen LogP contribution in [-0.4, -0.2) is 21.5 Å². The molecule has 0 amide bonds. The molecule has 1 N–H and O–H groups in total. The fourth-order valence-corrected chi connectivity index (χ4v) is 2.39. The monoisotopic (exact) mass is 298 g/mol. The molecule has 2 aromatic rings. The quantitative estimate of drug-likeness (QED) is 0.882. The standard InChI is InChI=1S/C10H11BrN4S/c1-7-14-8(11)6-9(15-7)12-3-2-10-13-4-5-16-10/h4-6H,2-3H2,1H3,(H,12,14,15). The SMILES string of the molecule is Cc1nc(Br)cc(NCCc2nccs2)n1. The number of halogens is 1. The summed E-state index contributed by atoms with van der Waals surface area (Å²) in [6.45, 7) is 2.70. The molecule has 84 valence electrons. The minimum atomic E-state index is 0.756. The Bertz CT molecular complexity index is 438. The zero-order valence-electron chi connectivity index (χ0n) is 8.77. The first-order valence-corrected chi connectivity index (χ1v) is 6.55. The predicted molar refractivity (Wildman–Crippen MR) is 68.8 cm³/mol. The Labute approximate surface area is 106 Å². The van der Waals surface area contributed by atoms with Crippen molar-refractivity contribution in [2.45, 2.75) is 13.3 Å². The summed E-state index contributed by atoms with van der Waals surface area (Å²) >= 11 is 5.01. The van der Waals surface area contributed by atoms with E-state index >= 15 is 0 Å². The minimum absolute atomic E-state index is 0.756. The molecular weight excluding hydrogens is 288 g/mol. The second kappa shape index (κ2) is 5.36. The number of nitrogens with one attached hydrogen (secondary N) is 1. The first-order chi connectivity index (χ1) is 7.74. The molecule has 0 spiro atoms. The molecule has 2 heterocycles. The second-order valence-corrected chi connectivity index (χ2v) is 5.02. The van der Waals surface area contributed by atoms with Crippen LogP contribution in [0.1, 0.15) is 10.8 Å². The zero-order valence-corrected chi connectivity index (χ0v) is 11.2. The number of nitrogens with zero attached hydrogens (tertiary/aromatic N) is 3. The normalized spacial score (nSPS) is 10.4. The number of aryl methyl sites for hydroxylation is 1. The van der Waals surface area contributed by atoms with Gasteiger partial charge in [-0.1, -0.05) is 0 Å². The van der Waals surface area contributed by atoms with E-state index < -0.39 is 0 Å². The van der Waals surface area contributed by atoms with Crippen molar-refractivity contribution in [3.05, 3.63) is 33.1 Å². The molecule has 0 aliphatic rings. The maximum absolute atomic E-state index is 4.28. The number of anilines is 1. The third-order valence-electron chi connectivity index (χ3n) is 1.94. The molecule has 0 fully saturated rings. The van der Waals surface area contributed by atoms with Crippen molar-refractivity contribution >= 4 is 33.1 Å². The molecule has 4 nitrogen and oxygen atoms in total. The fourth-order valence-electron chi connectivity index (χ4n) is 1.30. The second-order valence-electron chi connectivity index (χ2n) is 3.23. The van der Waals surface area contributed by atoms with Gasteiger partial charge in [0.15, 0.2) is 0 Å². The minimum Gasteiger partial charge on any atom is -0.370 e. The average molecular weight is 299 g/mol. The summed E-state index contributed by atoms with van der Waals surface area (Å²) in [6.07, 6.45) is 2.74. The van der Waals surface area contributed by atoms with Crippen LogP contribution in [0.4, 0.5) is 5.82 Å². The molecule has 16 heavy (non-hydrogen) atoms. The molecular formula is C10H11BrN4S. The molecule has 0 bridgehead atoms. The lowest BCUT2D eigenvalue weighted by Crippen LogP contribution is -2.07. The van der Waals surface area contributed by atoms with Crippen molar-refractivity contribution in [1.29, 1.82) is 0 Å². The van der Waals surface area contributed by atoms with Crippen LogP contribution >= 0.6 is 27.3 Å². The molecule has 6 heteroatoms. The highest BCUT2D eigenvalue weighted by Gasteiger charge is 2.00. The summed E-state index contributed by atoms with van der Waals surface area (Å²) in [6, 6.07) is 1.87. The van der Waals surface area contributed by atoms with Crippen molar-refractivity contribution in [3.8, 4) is 0 Å². The van der Waals surface area contributed by atoms with Crippen LogP contribution < -0.4 is 5.32 Å². The van der Waals surface area contributed by atoms with Crippen molar-refractivity contribution in [2.75, 3.05) is 11.9 Å². The van der Waals surface area contributed by atoms with E-state index in [0.717, 1.165) is 34.2 Å². The molecule has 2 aromatic heterocycles. The molecule has 2 rings (SSSR count). The van der Waals surface area contributed by atoms with Gasteiger partial charge in [0.05, 0.1) is 5.01 Å². The number of rotatable bonds is 4. The summed E-state index contributed by atoms with van der Waals surface area (Å²) < 4.78 is 0.803. The molecule has 0 aliphatic carbocycles. The van der Waals surface area contributed by atoms with E-state index in [2.05, 4.69) is 36.2 Å². The van der Waals surface area contributed by atoms with Gasteiger partial charge in [0, 0.05) is 30.6 Å². The smallest absolute Gasteiger partial charge is 0.130 e. The van der Waals surface area contributed by atoms with Gasteiger partial charge in [-0.3, -0.25) is 0 Å². The summed E-state index contributed by atoms with van der Waals surface area (Å²) in [5.74, 6) is 1.60. The molecule has 0 unspecified atom stereocenters. The lowest BCUT2D eigenvalue weighted by molar-refractivity contribution is 0.964. The highest BCUT2D eigenvalue weighted by molar-refractivity contribution is 9.10. The average Bonchev–Trinajstić information content (AvgIpc) is 2.69. The number of hydrogen-bond acceptors (Lipinski definition) is 5. The van der Waals surface area contributed by atoms with E-state index in [4.69, 9.17) is 0 Å². The van der Waals surface area contributed by atoms with Crippen molar-refractivity contribution in [1.82, 2.24) is 15.0 Å². The first kappa shape index (κ1) is 11.5. The predicted octanol–water partition coefficient (Wildman–Crippen LogP) is 2.66. The van der Waals surface area contributed by atoms with Gasteiger partial charge in [0.1, 0.15) is 16.2 Å². The maximum atomic E-state index is 4.28. The largest absolute Gasteiger partial charge is 0.370 e. The Hall–Kier alpha value is -1.01. The van der Waals surface area contributed by atoms with E-state index in [1.807, 2.05) is 24.6 Å². The van der Waals surface area contributed by atoms with Gasteiger partial charge < -0.3 is 5.32 Å². The van der Waals surface area contributed by atoms with Crippen LogP contribution in [0.15, 0.2) is 22.2 Å². The lowest BCUT2D eigenvalue weighted by Gasteiger charge is -2.05. The third-order valence-corrected chi connectivity index (χ3v) is 3.18. The van der Waals surface area contributed by atoms with Crippen LogP contribution in [0.5, 0.6) is 0 Å². The Morgan fingerprint density at radius 2 is 2.31 bits per heavy atom. The number of hydrogen-bond donors (Lipinski definition) is 1. The lowest BCUT2D eigenvalue weighted by atomic mass is 10.4. The van der Waals surface area contributed by atoms with Crippen LogP contribution in [-0.2, 0) is 6.42 Å². The third kappa shape index (κ3) is 3.24. The topological polar surface area (TPSA) is 50.7 Å². The van der Waals surface area contributed by atoms with E-state index in [1.165, 1.54) is 0 Å². The summed E-state index contributed by atoms with van der Waals surface area (Å²) in [4.78, 5) is 12.7. The van der Waals surface area contributed by atoms with Crippen LogP contribution in [0.25, 0.3) is 0 Å². The van der Waals surface area contributed by atoms with E-state index in [1.54, 1.807) is 11.3 Å². The molecule has 0 radical (unpaired) electrons. The molecule has 0 atom stereocenters. The Balaban J connectivity index is 1.89. The number of thiazole rings is 1. The summed E-state index contributed by atoms with van der Waals surface area (Å²) in [5.41, 5.74) is 0. The molecule has 0 aromatic carbocycles. The number of aromatic nitrogens is 3. The Kier molecular flexibility index (Phi) is 3.84. The van der Waals surface area contributed by atoms with Crippen LogP contribution in [0, 0.1) is 6.92 Å². The highest BCUT2D eigenvalue weighted by atomic mass is 79.9. The zero-order chi connectivity index (χ0) is 11.4. The van der Waals surface area contributed by atoms with Gasteiger partial charge in [-0.05, 0) is 22.9 Å². The van der Waals surface area contributed by atoms with Gasteiger partial charge in [-0.2, -0.15) is 0 Å². The maximum Gasteiger partial charge on any atom is 0.130 e. The highest BCUT2D eigenvalue weighted by Crippen LogP contribution is 2.12. The molecule has 0 aliphatic heterocycles. The molecule has 0 saturated heterocycles.